The van der Waals surface area contributed by atoms with Gasteiger partial charge in [0.2, 0.25) is 0 Å². The number of benzene rings is 2. The number of anilines is 1. The Morgan fingerprint density at radius 2 is 1.67 bits per heavy atom. The zero-order valence-corrected chi connectivity index (χ0v) is 13.6. The summed E-state index contributed by atoms with van der Waals surface area (Å²) < 4.78 is 13.1. The molecule has 0 fully saturated rings. The van der Waals surface area contributed by atoms with Gasteiger partial charge in [-0.05, 0) is 41.7 Å². The molecule has 2 rings (SSSR count). The van der Waals surface area contributed by atoms with Crippen LogP contribution in [0.2, 0.25) is 5.02 Å². The van der Waals surface area contributed by atoms with Gasteiger partial charge in [0, 0.05) is 6.04 Å². The van der Waals surface area contributed by atoms with E-state index in [0.29, 0.717) is 5.02 Å². The third-order valence-electron chi connectivity index (χ3n) is 3.58. The summed E-state index contributed by atoms with van der Waals surface area (Å²) in [6.07, 6.45) is 0. The molecule has 1 unspecified atom stereocenters. The predicted molar refractivity (Wildman–Crippen MR) is 88.6 cm³/mol. The first kappa shape index (κ1) is 15.8. The molecule has 0 amide bonds. The molecule has 0 aromatic heterocycles. The molecule has 2 aromatic carbocycles. The molecule has 0 spiro atoms. The zero-order chi connectivity index (χ0) is 15.6. The molecule has 0 saturated heterocycles. The molecule has 0 saturated carbocycles. The van der Waals surface area contributed by atoms with E-state index in [1.54, 1.807) is 6.07 Å². The molecule has 0 aliphatic carbocycles. The number of halogens is 2. The Kier molecular flexibility index (Phi) is 4.58. The molecule has 0 heterocycles. The minimum atomic E-state index is -0.326. The van der Waals surface area contributed by atoms with Crippen LogP contribution in [0.1, 0.15) is 44.9 Å². The predicted octanol–water partition coefficient (Wildman–Crippen LogP) is 5.95. The largest absolute Gasteiger partial charge is 0.377 e. The van der Waals surface area contributed by atoms with Crippen molar-refractivity contribution in [3.8, 4) is 0 Å². The molecule has 3 heteroatoms. The molecule has 0 bridgehead atoms. The number of rotatable bonds is 3. The first-order valence-corrected chi connectivity index (χ1v) is 7.47. The number of hydrogen-bond donors (Lipinski definition) is 1. The topological polar surface area (TPSA) is 12.0 Å². The van der Waals surface area contributed by atoms with Crippen molar-refractivity contribution in [2.24, 2.45) is 0 Å². The molecule has 1 N–H and O–H groups in total. The maximum Gasteiger partial charge on any atom is 0.124 e. The third-order valence-corrected chi connectivity index (χ3v) is 3.89. The van der Waals surface area contributed by atoms with Gasteiger partial charge in [-0.3, -0.25) is 0 Å². The van der Waals surface area contributed by atoms with Gasteiger partial charge in [-0.25, -0.2) is 4.39 Å². The summed E-state index contributed by atoms with van der Waals surface area (Å²) in [6, 6.07) is 13.0. The summed E-state index contributed by atoms with van der Waals surface area (Å²) in [7, 11) is 0. The van der Waals surface area contributed by atoms with Gasteiger partial charge in [0.15, 0.2) is 0 Å². The van der Waals surface area contributed by atoms with E-state index in [4.69, 9.17) is 11.6 Å². The fraction of sp³-hybridized carbons (Fsp3) is 0.333. The molecule has 112 valence electrons. The van der Waals surface area contributed by atoms with Crippen LogP contribution >= 0.6 is 11.6 Å². The van der Waals surface area contributed by atoms with E-state index in [1.807, 2.05) is 0 Å². The molecule has 0 aliphatic heterocycles. The molecular weight excluding hydrogens is 285 g/mol. The molecule has 21 heavy (non-hydrogen) atoms. The highest BCUT2D eigenvalue weighted by Crippen LogP contribution is 2.28. The van der Waals surface area contributed by atoms with Crippen molar-refractivity contribution in [1.29, 1.82) is 0 Å². The Morgan fingerprint density at radius 3 is 2.19 bits per heavy atom. The van der Waals surface area contributed by atoms with E-state index in [9.17, 15) is 4.39 Å². The minimum Gasteiger partial charge on any atom is -0.377 e. The SMILES string of the molecule is CC(Nc1ccc(F)cc1Cl)c1ccc(C(C)(C)C)cc1. The number of hydrogen-bond acceptors (Lipinski definition) is 1. The van der Waals surface area contributed by atoms with Crippen molar-refractivity contribution >= 4 is 17.3 Å². The summed E-state index contributed by atoms with van der Waals surface area (Å²) in [5, 5.41) is 3.71. The molecule has 1 nitrogen and oxygen atoms in total. The van der Waals surface area contributed by atoms with Crippen molar-refractivity contribution in [3.63, 3.8) is 0 Å². The van der Waals surface area contributed by atoms with E-state index in [0.717, 1.165) is 5.69 Å². The Hall–Kier alpha value is -1.54. The minimum absolute atomic E-state index is 0.0991. The van der Waals surface area contributed by atoms with Crippen LogP contribution in [0, 0.1) is 5.82 Å². The summed E-state index contributed by atoms with van der Waals surface area (Å²) in [5.41, 5.74) is 3.36. The van der Waals surface area contributed by atoms with Gasteiger partial charge in [0.05, 0.1) is 10.7 Å². The van der Waals surface area contributed by atoms with E-state index in [2.05, 4.69) is 57.3 Å². The van der Waals surface area contributed by atoms with Crippen molar-refractivity contribution in [3.05, 3.63) is 64.4 Å². The van der Waals surface area contributed by atoms with Crippen molar-refractivity contribution in [1.82, 2.24) is 0 Å². The molecule has 0 radical (unpaired) electrons. The quantitative estimate of drug-likeness (QED) is 0.739. The summed E-state index contributed by atoms with van der Waals surface area (Å²) in [4.78, 5) is 0. The normalized spacial score (nSPS) is 13.0. The van der Waals surface area contributed by atoms with E-state index in [1.165, 1.54) is 23.3 Å². The van der Waals surface area contributed by atoms with Crippen LogP contribution in [0.25, 0.3) is 0 Å². The Balaban J connectivity index is 2.15. The average molecular weight is 306 g/mol. The first-order valence-electron chi connectivity index (χ1n) is 7.09. The molecule has 1 atom stereocenters. The molecule has 0 aliphatic rings. The highest BCUT2D eigenvalue weighted by Gasteiger charge is 2.14. The van der Waals surface area contributed by atoms with Gasteiger partial charge in [-0.15, -0.1) is 0 Å². The van der Waals surface area contributed by atoms with E-state index < -0.39 is 0 Å². The Bertz CT molecular complexity index is 614. The van der Waals surface area contributed by atoms with Gasteiger partial charge in [-0.2, -0.15) is 0 Å². The first-order chi connectivity index (χ1) is 9.77. The Labute approximate surface area is 131 Å². The standard InChI is InChI=1S/C18H21ClFN/c1-12(21-17-10-9-15(20)11-16(17)19)13-5-7-14(8-6-13)18(2,3)4/h5-12,21H,1-4H3. The van der Waals surface area contributed by atoms with Gasteiger partial charge in [-0.1, -0.05) is 56.6 Å². The highest BCUT2D eigenvalue weighted by molar-refractivity contribution is 6.33. The van der Waals surface area contributed by atoms with E-state index >= 15 is 0 Å². The van der Waals surface area contributed by atoms with E-state index in [-0.39, 0.29) is 17.3 Å². The van der Waals surface area contributed by atoms with Gasteiger partial charge in [0.1, 0.15) is 5.82 Å². The van der Waals surface area contributed by atoms with Crippen LogP contribution in [-0.4, -0.2) is 0 Å². The zero-order valence-electron chi connectivity index (χ0n) is 12.9. The maximum absolute atomic E-state index is 13.1. The van der Waals surface area contributed by atoms with Crippen molar-refractivity contribution < 1.29 is 4.39 Å². The summed E-state index contributed by atoms with van der Waals surface area (Å²) in [5.74, 6) is -0.326. The lowest BCUT2D eigenvalue weighted by Crippen LogP contribution is -2.12. The Morgan fingerprint density at radius 1 is 1.05 bits per heavy atom. The fourth-order valence-corrected chi connectivity index (χ4v) is 2.42. The number of nitrogens with one attached hydrogen (secondary N) is 1. The summed E-state index contributed by atoms with van der Waals surface area (Å²) >= 11 is 6.04. The second-order valence-corrected chi connectivity index (χ2v) is 6.77. The van der Waals surface area contributed by atoms with Crippen molar-refractivity contribution in [2.45, 2.75) is 39.2 Å². The maximum atomic E-state index is 13.1. The average Bonchev–Trinajstić information content (AvgIpc) is 2.41. The van der Waals surface area contributed by atoms with Crippen LogP contribution in [0.15, 0.2) is 42.5 Å². The third kappa shape index (κ3) is 3.98. The van der Waals surface area contributed by atoms with Crippen LogP contribution in [0.4, 0.5) is 10.1 Å². The highest BCUT2D eigenvalue weighted by atomic mass is 35.5. The smallest absolute Gasteiger partial charge is 0.124 e. The van der Waals surface area contributed by atoms with Crippen molar-refractivity contribution in [2.75, 3.05) is 5.32 Å². The van der Waals surface area contributed by atoms with Gasteiger partial charge >= 0.3 is 0 Å². The second-order valence-electron chi connectivity index (χ2n) is 6.36. The van der Waals surface area contributed by atoms with Gasteiger partial charge in [0.25, 0.3) is 0 Å². The second kappa shape index (κ2) is 6.07. The molecule has 2 aromatic rings. The fourth-order valence-electron chi connectivity index (χ4n) is 2.19. The van der Waals surface area contributed by atoms with Crippen LogP contribution < -0.4 is 5.32 Å². The van der Waals surface area contributed by atoms with Gasteiger partial charge < -0.3 is 5.32 Å². The molecular formula is C18H21ClFN. The monoisotopic (exact) mass is 305 g/mol. The summed E-state index contributed by atoms with van der Waals surface area (Å²) in [6.45, 7) is 8.65. The lowest BCUT2D eigenvalue weighted by atomic mass is 9.86. The van der Waals surface area contributed by atoms with Crippen LogP contribution in [0.5, 0.6) is 0 Å². The van der Waals surface area contributed by atoms with Crippen LogP contribution in [-0.2, 0) is 5.41 Å². The lowest BCUT2D eigenvalue weighted by molar-refractivity contribution is 0.589. The van der Waals surface area contributed by atoms with Crippen LogP contribution in [0.3, 0.4) is 0 Å². The lowest BCUT2D eigenvalue weighted by Gasteiger charge is -2.21.